The maximum Gasteiger partial charge on any atom is 0.576 e. The number of ether oxygens (including phenoxy) is 2. The van der Waals surface area contributed by atoms with E-state index in [2.05, 4.69) is 0 Å². The largest absolute Gasteiger partial charge is 0.576 e. The molecule has 0 bridgehead atoms. The van der Waals surface area contributed by atoms with Gasteiger partial charge in [0.15, 0.2) is 0 Å². The van der Waals surface area contributed by atoms with Gasteiger partial charge in [0.05, 0.1) is 6.61 Å². The van der Waals surface area contributed by atoms with Crippen LogP contribution in [0, 0.1) is 5.92 Å². The first-order chi connectivity index (χ1) is 10.7. The van der Waals surface area contributed by atoms with Crippen molar-refractivity contribution in [3.8, 4) is 5.75 Å². The molecule has 0 saturated carbocycles. The summed E-state index contributed by atoms with van der Waals surface area (Å²) in [6.07, 6.45) is 0. The van der Waals surface area contributed by atoms with Gasteiger partial charge in [-0.25, -0.2) is 0 Å². The number of benzene rings is 1. The molecule has 0 aromatic heterocycles. The van der Waals surface area contributed by atoms with Gasteiger partial charge in [0.2, 0.25) is 5.79 Å². The maximum atomic E-state index is 11.2. The van der Waals surface area contributed by atoms with Crippen LogP contribution in [0.2, 0.25) is 0 Å². The Morgan fingerprint density at radius 2 is 1.83 bits per heavy atom. The Morgan fingerprint density at radius 1 is 1.22 bits per heavy atom. The second kappa shape index (κ2) is 6.72. The molecule has 0 N–H and O–H groups in total. The van der Waals surface area contributed by atoms with Crippen LogP contribution in [0.15, 0.2) is 18.2 Å². The highest BCUT2D eigenvalue weighted by molar-refractivity contribution is 6.64. The average molecular weight is 337 g/mol. The summed E-state index contributed by atoms with van der Waals surface area (Å²) in [6, 6.07) is 5.35. The molecular weight excluding hydrogens is 316 g/mol. The lowest BCUT2D eigenvalue weighted by molar-refractivity contribution is -0.219. The SMILES string of the molecule is CC(=O)O[Si](OC(C)=O)c1ccc2c(c1)COC(C)(C(C)C)O2. The second-order valence-electron chi connectivity index (χ2n) is 5.86. The Bertz CT molecular complexity index is 599. The summed E-state index contributed by atoms with van der Waals surface area (Å²) in [4.78, 5) is 22.4. The van der Waals surface area contributed by atoms with E-state index in [4.69, 9.17) is 18.3 Å². The summed E-state index contributed by atoms with van der Waals surface area (Å²) in [5.41, 5.74) is 0.836. The van der Waals surface area contributed by atoms with E-state index in [-0.39, 0.29) is 5.92 Å². The number of rotatable bonds is 4. The lowest BCUT2D eigenvalue weighted by Gasteiger charge is -2.38. The van der Waals surface area contributed by atoms with Gasteiger partial charge < -0.3 is 18.3 Å². The Hall–Kier alpha value is -1.86. The molecule has 0 aliphatic carbocycles. The molecule has 0 spiro atoms. The van der Waals surface area contributed by atoms with Gasteiger partial charge in [-0.3, -0.25) is 9.59 Å². The second-order valence-corrected chi connectivity index (χ2v) is 7.42. The fourth-order valence-corrected chi connectivity index (χ4v) is 3.38. The predicted molar refractivity (Wildman–Crippen MR) is 84.0 cm³/mol. The Morgan fingerprint density at radius 3 is 2.35 bits per heavy atom. The average Bonchev–Trinajstić information content (AvgIpc) is 2.45. The summed E-state index contributed by atoms with van der Waals surface area (Å²) in [5.74, 6) is -0.732. The van der Waals surface area contributed by atoms with Crippen LogP contribution in [-0.2, 0) is 29.8 Å². The first-order valence-electron chi connectivity index (χ1n) is 7.41. The molecular formula is C16H21O6Si. The molecule has 1 aromatic carbocycles. The third kappa shape index (κ3) is 4.11. The third-order valence-corrected chi connectivity index (χ3v) is 5.37. The van der Waals surface area contributed by atoms with E-state index in [1.807, 2.05) is 20.8 Å². The molecule has 0 amide bonds. The van der Waals surface area contributed by atoms with E-state index in [1.165, 1.54) is 13.8 Å². The van der Waals surface area contributed by atoms with E-state index in [9.17, 15) is 9.59 Å². The normalized spacial score (nSPS) is 20.0. The molecule has 1 aliphatic rings. The first kappa shape index (κ1) is 17.5. The molecule has 1 aromatic rings. The fourth-order valence-electron chi connectivity index (χ4n) is 2.07. The van der Waals surface area contributed by atoms with Crippen molar-refractivity contribution in [2.45, 2.75) is 47.0 Å². The molecule has 2 rings (SSSR count). The third-order valence-electron chi connectivity index (χ3n) is 3.64. The van der Waals surface area contributed by atoms with Crippen molar-refractivity contribution in [2.24, 2.45) is 5.92 Å². The summed E-state index contributed by atoms with van der Waals surface area (Å²) < 4.78 is 22.1. The molecule has 1 radical (unpaired) electrons. The van der Waals surface area contributed by atoms with E-state index in [0.29, 0.717) is 11.8 Å². The van der Waals surface area contributed by atoms with Crippen LogP contribution in [0.1, 0.15) is 40.2 Å². The minimum absolute atomic E-state index is 0.192. The van der Waals surface area contributed by atoms with Gasteiger partial charge >= 0.3 is 9.28 Å². The topological polar surface area (TPSA) is 71.1 Å². The Balaban J connectivity index is 2.26. The predicted octanol–water partition coefficient (Wildman–Crippen LogP) is 1.79. The number of carbonyl (C=O) groups is 2. The van der Waals surface area contributed by atoms with Crippen LogP contribution in [0.3, 0.4) is 0 Å². The standard InChI is InChI=1S/C16H21O6Si/c1-10(2)16(5)19-9-13-8-14(6-7-15(13)20-16)23(21-11(3)17)22-12(4)18/h6-8,10H,9H2,1-5H3. The summed E-state index contributed by atoms with van der Waals surface area (Å²) >= 11 is 0. The zero-order valence-corrected chi connectivity index (χ0v) is 15.0. The van der Waals surface area contributed by atoms with Gasteiger partial charge in [-0.2, -0.15) is 0 Å². The van der Waals surface area contributed by atoms with Crippen molar-refractivity contribution in [3.63, 3.8) is 0 Å². The van der Waals surface area contributed by atoms with E-state index >= 15 is 0 Å². The van der Waals surface area contributed by atoms with Gasteiger partial charge in [-0.1, -0.05) is 19.9 Å². The van der Waals surface area contributed by atoms with Gasteiger partial charge in [-0.05, 0) is 12.1 Å². The van der Waals surface area contributed by atoms with Crippen LogP contribution >= 0.6 is 0 Å². The van der Waals surface area contributed by atoms with Crippen molar-refractivity contribution in [1.82, 2.24) is 0 Å². The van der Waals surface area contributed by atoms with Crippen LogP contribution in [0.5, 0.6) is 5.75 Å². The first-order valence-corrected chi connectivity index (χ1v) is 8.73. The molecule has 6 nitrogen and oxygen atoms in total. The van der Waals surface area contributed by atoms with E-state index in [0.717, 1.165) is 11.3 Å². The Kier molecular flexibility index (Phi) is 5.11. The van der Waals surface area contributed by atoms with Crippen LogP contribution in [0.4, 0.5) is 0 Å². The molecule has 0 saturated heterocycles. The highest BCUT2D eigenvalue weighted by Crippen LogP contribution is 2.34. The summed E-state index contributed by atoms with van der Waals surface area (Å²) in [5, 5.41) is 0.652. The van der Waals surface area contributed by atoms with Gasteiger partial charge in [0.25, 0.3) is 11.9 Å². The summed E-state index contributed by atoms with van der Waals surface area (Å²) in [6.45, 7) is 8.91. The Labute approximate surface area is 137 Å². The lowest BCUT2D eigenvalue weighted by atomic mass is 10.0. The fraction of sp³-hybridized carbons (Fsp3) is 0.500. The van der Waals surface area contributed by atoms with Crippen molar-refractivity contribution in [3.05, 3.63) is 23.8 Å². The molecule has 0 fully saturated rings. The molecule has 125 valence electrons. The van der Waals surface area contributed by atoms with E-state index in [1.54, 1.807) is 18.2 Å². The van der Waals surface area contributed by atoms with Gasteiger partial charge in [-0.15, -0.1) is 0 Å². The van der Waals surface area contributed by atoms with Crippen LogP contribution < -0.4 is 9.92 Å². The maximum absolute atomic E-state index is 11.2. The smallest absolute Gasteiger partial charge is 0.480 e. The number of carbonyl (C=O) groups excluding carboxylic acids is 2. The van der Waals surface area contributed by atoms with Crippen molar-refractivity contribution in [1.29, 1.82) is 0 Å². The molecule has 23 heavy (non-hydrogen) atoms. The number of hydrogen-bond donors (Lipinski definition) is 0. The van der Waals surface area contributed by atoms with Gasteiger partial charge in [0.1, 0.15) is 5.75 Å². The van der Waals surface area contributed by atoms with Crippen LogP contribution in [-0.4, -0.2) is 27.0 Å². The van der Waals surface area contributed by atoms with Crippen molar-refractivity contribution < 1.29 is 27.9 Å². The van der Waals surface area contributed by atoms with E-state index < -0.39 is 27.0 Å². The molecule has 7 heteroatoms. The minimum atomic E-state index is -2.21. The zero-order chi connectivity index (χ0) is 17.2. The highest BCUT2D eigenvalue weighted by atomic mass is 28.3. The lowest BCUT2D eigenvalue weighted by Crippen LogP contribution is -2.45. The quantitative estimate of drug-likeness (QED) is 0.780. The van der Waals surface area contributed by atoms with Gasteiger partial charge in [0, 0.05) is 37.4 Å². The number of fused-ring (bicyclic) bond motifs is 1. The van der Waals surface area contributed by atoms with Crippen LogP contribution in [0.25, 0.3) is 0 Å². The molecule has 1 heterocycles. The van der Waals surface area contributed by atoms with Crippen molar-refractivity contribution >= 4 is 26.4 Å². The monoisotopic (exact) mass is 337 g/mol. The zero-order valence-electron chi connectivity index (χ0n) is 14.0. The highest BCUT2D eigenvalue weighted by Gasteiger charge is 2.37. The minimum Gasteiger partial charge on any atom is -0.480 e. The molecule has 1 atom stereocenters. The molecule has 1 aliphatic heterocycles. The number of hydrogen-bond acceptors (Lipinski definition) is 6. The summed E-state index contributed by atoms with van der Waals surface area (Å²) in [7, 11) is -2.21. The molecule has 1 unspecified atom stereocenters. The van der Waals surface area contributed by atoms with Crippen molar-refractivity contribution in [2.75, 3.05) is 0 Å².